The van der Waals surface area contributed by atoms with Gasteiger partial charge < -0.3 is 4.90 Å². The topological polar surface area (TPSA) is 37.4 Å². The molecule has 0 aromatic heterocycles. The molecule has 0 N–H and O–H groups in total. The Labute approximate surface area is 164 Å². The number of benzene rings is 1. The third-order valence-electron chi connectivity index (χ3n) is 6.62. The van der Waals surface area contributed by atoms with Gasteiger partial charge in [0, 0.05) is 25.9 Å². The van der Waals surface area contributed by atoms with Crippen LogP contribution in [0.4, 0.5) is 13.2 Å². The Morgan fingerprint density at radius 1 is 1.18 bits per heavy atom. The van der Waals surface area contributed by atoms with Crippen LogP contribution >= 0.6 is 0 Å². The highest BCUT2D eigenvalue weighted by molar-refractivity contribution is 5.87. The second kappa shape index (κ2) is 7.88. The predicted molar refractivity (Wildman–Crippen MR) is 101 cm³/mol. The van der Waals surface area contributed by atoms with Gasteiger partial charge in [0.15, 0.2) is 0 Å². The first-order valence-electron chi connectivity index (χ1n) is 10.2. The molecular formula is C22H28F3NO2. The molecule has 1 aliphatic carbocycles. The molecule has 3 rings (SSSR count). The minimum Gasteiger partial charge on any atom is -0.338 e. The maximum absolute atomic E-state index is 13.6. The van der Waals surface area contributed by atoms with Gasteiger partial charge in [0.2, 0.25) is 5.91 Å². The zero-order valence-electron chi connectivity index (χ0n) is 16.6. The molecular weight excluding hydrogens is 367 g/mol. The first kappa shape index (κ1) is 20.9. The molecule has 1 atom stereocenters. The molecule has 1 saturated carbocycles. The maximum atomic E-state index is 13.6. The molecule has 1 fully saturated rings. The number of hydrogen-bond donors (Lipinski definition) is 0. The smallest absolute Gasteiger partial charge is 0.338 e. The molecule has 2 aliphatic rings. The number of nitrogens with zero attached hydrogens (tertiary/aromatic N) is 1. The van der Waals surface area contributed by atoms with E-state index in [0.29, 0.717) is 44.2 Å². The van der Waals surface area contributed by atoms with Crippen molar-refractivity contribution in [3.63, 3.8) is 0 Å². The predicted octanol–water partition coefficient (Wildman–Crippen LogP) is 5.16. The van der Waals surface area contributed by atoms with Crippen molar-refractivity contribution in [2.24, 2.45) is 11.3 Å². The number of fused-ring (bicyclic) bond motifs is 1. The number of Topliss-reactive ketones (excluding diaryl/α,β-unsaturated/α-hetero) is 1. The van der Waals surface area contributed by atoms with E-state index in [2.05, 4.69) is 13.8 Å². The monoisotopic (exact) mass is 395 g/mol. The van der Waals surface area contributed by atoms with Gasteiger partial charge in [-0.3, -0.25) is 9.59 Å². The molecule has 0 spiro atoms. The van der Waals surface area contributed by atoms with Gasteiger partial charge in [0.1, 0.15) is 5.78 Å². The van der Waals surface area contributed by atoms with Crippen LogP contribution in [0.3, 0.4) is 0 Å². The summed E-state index contributed by atoms with van der Waals surface area (Å²) in [4.78, 5) is 27.1. The molecule has 1 aromatic rings. The summed E-state index contributed by atoms with van der Waals surface area (Å²) in [7, 11) is 0. The highest BCUT2D eigenvalue weighted by Crippen LogP contribution is 2.45. The van der Waals surface area contributed by atoms with Gasteiger partial charge in [-0.25, -0.2) is 0 Å². The number of halogens is 3. The third kappa shape index (κ3) is 3.96. The van der Waals surface area contributed by atoms with E-state index in [0.717, 1.165) is 24.5 Å². The van der Waals surface area contributed by atoms with Gasteiger partial charge >= 0.3 is 6.18 Å². The molecule has 0 radical (unpaired) electrons. The van der Waals surface area contributed by atoms with E-state index >= 15 is 0 Å². The lowest BCUT2D eigenvalue weighted by Gasteiger charge is -2.44. The van der Waals surface area contributed by atoms with Gasteiger partial charge in [-0.2, -0.15) is 13.2 Å². The zero-order valence-corrected chi connectivity index (χ0v) is 16.6. The van der Waals surface area contributed by atoms with E-state index in [-0.39, 0.29) is 24.2 Å². The van der Waals surface area contributed by atoms with Crippen LogP contribution in [0.25, 0.3) is 0 Å². The van der Waals surface area contributed by atoms with Crippen molar-refractivity contribution in [1.82, 2.24) is 4.90 Å². The highest BCUT2D eigenvalue weighted by atomic mass is 19.4. The molecule has 3 nitrogen and oxygen atoms in total. The molecule has 6 heteroatoms. The Hall–Kier alpha value is -1.85. The van der Waals surface area contributed by atoms with Crippen molar-refractivity contribution in [1.29, 1.82) is 0 Å². The normalized spacial score (nSPS) is 20.6. The van der Waals surface area contributed by atoms with E-state index in [1.807, 2.05) is 0 Å². The minimum atomic E-state index is -4.39. The Morgan fingerprint density at radius 2 is 1.86 bits per heavy atom. The number of ketones is 1. The number of carbonyl (C=O) groups is 2. The van der Waals surface area contributed by atoms with Crippen molar-refractivity contribution in [3.05, 3.63) is 34.9 Å². The lowest BCUT2D eigenvalue weighted by atomic mass is 9.64. The van der Waals surface area contributed by atoms with Gasteiger partial charge in [-0.1, -0.05) is 26.3 Å². The molecule has 1 unspecified atom stereocenters. The summed E-state index contributed by atoms with van der Waals surface area (Å²) in [5, 5.41) is 0. The van der Waals surface area contributed by atoms with E-state index in [1.165, 1.54) is 12.1 Å². The molecule has 0 bridgehead atoms. The Kier molecular flexibility index (Phi) is 5.87. The second-order valence-electron chi connectivity index (χ2n) is 8.34. The van der Waals surface area contributed by atoms with Crippen LogP contribution in [-0.4, -0.2) is 23.1 Å². The van der Waals surface area contributed by atoms with Crippen molar-refractivity contribution >= 4 is 11.7 Å². The summed E-state index contributed by atoms with van der Waals surface area (Å²) >= 11 is 0. The fourth-order valence-corrected chi connectivity index (χ4v) is 4.82. The highest BCUT2D eigenvalue weighted by Gasteiger charge is 2.47. The van der Waals surface area contributed by atoms with Crippen LogP contribution in [0.15, 0.2) is 18.2 Å². The first-order valence-corrected chi connectivity index (χ1v) is 10.2. The summed E-state index contributed by atoms with van der Waals surface area (Å²) in [6, 6.07) is 3.84. The SMILES string of the molecule is CCCC(C)C1(C(=O)N2CCc3ccc(C(F)(F)F)cc3C2)CCC(=O)CC1. The van der Waals surface area contributed by atoms with E-state index < -0.39 is 17.2 Å². The van der Waals surface area contributed by atoms with E-state index in [9.17, 15) is 22.8 Å². The Morgan fingerprint density at radius 3 is 2.46 bits per heavy atom. The molecule has 1 aromatic carbocycles. The third-order valence-corrected chi connectivity index (χ3v) is 6.62. The largest absolute Gasteiger partial charge is 0.416 e. The van der Waals surface area contributed by atoms with Crippen molar-refractivity contribution in [2.75, 3.05) is 6.54 Å². The fraction of sp³-hybridized carbons (Fsp3) is 0.636. The molecule has 0 saturated heterocycles. The summed E-state index contributed by atoms with van der Waals surface area (Å²) in [6.07, 6.45) is -0.0107. The van der Waals surface area contributed by atoms with Crippen LogP contribution < -0.4 is 0 Å². The lowest BCUT2D eigenvalue weighted by Crippen LogP contribution is -2.50. The summed E-state index contributed by atoms with van der Waals surface area (Å²) in [6.45, 7) is 4.90. The van der Waals surface area contributed by atoms with Crippen LogP contribution in [0.2, 0.25) is 0 Å². The van der Waals surface area contributed by atoms with Crippen molar-refractivity contribution in [2.45, 2.75) is 71.5 Å². The molecule has 1 aliphatic heterocycles. The minimum absolute atomic E-state index is 0.0176. The van der Waals surface area contributed by atoms with Crippen molar-refractivity contribution in [3.8, 4) is 0 Å². The summed E-state index contributed by atoms with van der Waals surface area (Å²) in [5.41, 5.74) is 0.229. The molecule has 1 amide bonds. The van der Waals surface area contributed by atoms with E-state index in [1.54, 1.807) is 4.90 Å². The maximum Gasteiger partial charge on any atom is 0.416 e. The van der Waals surface area contributed by atoms with Crippen LogP contribution in [-0.2, 0) is 28.7 Å². The van der Waals surface area contributed by atoms with Gasteiger partial charge in [0.05, 0.1) is 11.0 Å². The number of rotatable bonds is 4. The molecule has 28 heavy (non-hydrogen) atoms. The van der Waals surface area contributed by atoms with Gasteiger partial charge in [0.25, 0.3) is 0 Å². The molecule has 1 heterocycles. The standard InChI is InChI=1S/C22H28F3NO2/c1-3-4-15(2)21(10-7-19(27)8-11-21)20(28)26-12-9-16-5-6-18(22(23,24)25)13-17(16)14-26/h5-6,13,15H,3-4,7-12,14H2,1-2H3. The first-order chi connectivity index (χ1) is 13.2. The van der Waals surface area contributed by atoms with Crippen LogP contribution in [0.1, 0.15) is 69.1 Å². The summed E-state index contributed by atoms with van der Waals surface area (Å²) < 4.78 is 39.2. The Balaban J connectivity index is 1.86. The average Bonchev–Trinajstić information content (AvgIpc) is 2.67. The average molecular weight is 395 g/mol. The Bertz CT molecular complexity index is 747. The second-order valence-corrected chi connectivity index (χ2v) is 8.34. The van der Waals surface area contributed by atoms with Gasteiger partial charge in [-0.15, -0.1) is 0 Å². The quantitative estimate of drug-likeness (QED) is 0.707. The van der Waals surface area contributed by atoms with Crippen LogP contribution in [0.5, 0.6) is 0 Å². The zero-order chi connectivity index (χ0) is 20.5. The van der Waals surface area contributed by atoms with Crippen LogP contribution in [0, 0.1) is 11.3 Å². The number of alkyl halides is 3. The van der Waals surface area contributed by atoms with Crippen molar-refractivity contribution < 1.29 is 22.8 Å². The number of amides is 1. The molecule has 154 valence electrons. The number of hydrogen-bond acceptors (Lipinski definition) is 2. The number of carbonyl (C=O) groups excluding carboxylic acids is 2. The lowest BCUT2D eigenvalue weighted by molar-refractivity contribution is -0.150. The fourth-order valence-electron chi connectivity index (χ4n) is 4.82. The van der Waals surface area contributed by atoms with E-state index in [4.69, 9.17) is 0 Å². The van der Waals surface area contributed by atoms with Gasteiger partial charge in [-0.05, 0) is 54.9 Å². The summed E-state index contributed by atoms with van der Waals surface area (Å²) in [5.74, 6) is 0.371.